The Morgan fingerprint density at radius 1 is 0.425 bits per heavy atom. The van der Waals surface area contributed by atoms with Crippen LogP contribution in [0.3, 0.4) is 0 Å². The van der Waals surface area contributed by atoms with Gasteiger partial charge in [-0.25, -0.2) is 0 Å². The maximum Gasteiger partial charge on any atom is 0.303 e. The molecule has 0 bridgehead atoms. The predicted molar refractivity (Wildman–Crippen MR) is 324 cm³/mol. The number of nitrogens with zero attached hydrogens (tertiary/aromatic N) is 3. The second kappa shape index (κ2) is 34.6. The lowest BCUT2D eigenvalue weighted by Crippen LogP contribution is -2.42. The van der Waals surface area contributed by atoms with Gasteiger partial charge in [0.1, 0.15) is 23.0 Å². The molecule has 0 heterocycles. The highest BCUT2D eigenvalue weighted by Crippen LogP contribution is 2.26. The summed E-state index contributed by atoms with van der Waals surface area (Å²) < 4.78 is 21.7. The third-order valence-electron chi connectivity index (χ3n) is 13.6. The Kier molecular flexibility index (Phi) is 27.6. The highest BCUT2D eigenvalue weighted by Gasteiger charge is 2.29. The van der Waals surface area contributed by atoms with Crippen molar-refractivity contribution in [1.82, 2.24) is 16.0 Å². The van der Waals surface area contributed by atoms with Gasteiger partial charge in [0.25, 0.3) is 23.6 Å². The minimum absolute atomic E-state index is 0.00877. The lowest BCUT2D eigenvalue weighted by Gasteiger charge is -2.21. The molecule has 20 N–H and O–H groups in total. The van der Waals surface area contributed by atoms with Gasteiger partial charge in [0, 0.05) is 51.7 Å². The van der Waals surface area contributed by atoms with Crippen LogP contribution in [0.4, 0.5) is 0 Å². The summed E-state index contributed by atoms with van der Waals surface area (Å²) in [6.45, 7) is 0.502. The van der Waals surface area contributed by atoms with Gasteiger partial charge in [0.05, 0.1) is 74.9 Å². The molecule has 4 aromatic rings. The molecule has 0 aliphatic carbocycles. The van der Waals surface area contributed by atoms with Gasteiger partial charge in [-0.15, -0.1) is 0 Å². The van der Waals surface area contributed by atoms with E-state index in [-0.39, 0.29) is 145 Å². The van der Waals surface area contributed by atoms with Crippen LogP contribution in [0.2, 0.25) is 0 Å². The standard InChI is InChI=1S/C59H78N14O14/c1-84-48-16-11-32(24-36(48)53(61)80)29-47(77)43(15-20-52(78)79)73-56(83)39-27-35(14-19-51(39)87-4)31-46(76)42(10-7-23-70-59(66)67)72-55(82)38-26-34(13-18-50(38)86-3)30-45(75)41(9-6-22-69-58(64)65)71-54(81)37-25-33(12-17-49(37)85-2)28-44(74)40(60)8-5-21-68-57(62)63/h11-14,16-19,24-27,40-43H,5-10,15,20-23,28-31,60H2,1-4H3,(H2,61,80)(H,71,81)(H,72,82)(H,73,83)(H,78,79)(H4,62,63,68)(H4,64,65,69)(H4,66,67,70)/t40-,41-,42-,43-/m0/s1. The van der Waals surface area contributed by atoms with Gasteiger partial charge >= 0.3 is 5.97 Å². The number of carboxylic acids is 1. The first-order valence-electron chi connectivity index (χ1n) is 27.5. The van der Waals surface area contributed by atoms with Crippen molar-refractivity contribution in [2.75, 3.05) is 48.1 Å². The summed E-state index contributed by atoms with van der Waals surface area (Å²) in [5.74, 6) is -6.20. The number of Topliss-reactive ketones (excluding diaryl/α,β-unsaturated/α-hetero) is 4. The molecule has 4 amide bonds. The van der Waals surface area contributed by atoms with E-state index >= 15 is 0 Å². The summed E-state index contributed by atoms with van der Waals surface area (Å²) in [5.41, 5.74) is 45.9. The molecular weight excluding hydrogens is 1130 g/mol. The number of amides is 4. The average Bonchev–Trinajstić information content (AvgIpc) is 3.25. The number of ether oxygens (including phenoxy) is 4. The second-order valence-electron chi connectivity index (χ2n) is 20.0. The summed E-state index contributed by atoms with van der Waals surface area (Å²) >= 11 is 0. The van der Waals surface area contributed by atoms with Crippen LogP contribution in [0, 0.1) is 0 Å². The minimum atomic E-state index is -1.33. The number of nitrogens with two attached hydrogens (primary N) is 8. The fourth-order valence-corrected chi connectivity index (χ4v) is 9.09. The van der Waals surface area contributed by atoms with Crippen LogP contribution in [0.15, 0.2) is 87.8 Å². The molecule has 4 atom stereocenters. The quantitative estimate of drug-likeness (QED) is 0.0160. The van der Waals surface area contributed by atoms with Crippen molar-refractivity contribution < 1.29 is 67.2 Å². The van der Waals surface area contributed by atoms with E-state index < -0.39 is 77.5 Å². The largest absolute Gasteiger partial charge is 0.496 e. The van der Waals surface area contributed by atoms with Gasteiger partial charge in [0.15, 0.2) is 41.0 Å². The number of hydrogen-bond donors (Lipinski definition) is 12. The summed E-state index contributed by atoms with van der Waals surface area (Å²) in [6.07, 6.45) is -0.546. The first-order valence-corrected chi connectivity index (χ1v) is 27.5. The van der Waals surface area contributed by atoms with E-state index in [9.17, 15) is 48.3 Å². The molecule has 0 spiro atoms. The molecule has 0 radical (unpaired) electrons. The number of aliphatic imine (C=N–C) groups is 3. The Hall–Kier alpha value is -10.1. The molecular formula is C59H78N14O14. The van der Waals surface area contributed by atoms with E-state index in [1.807, 2.05) is 0 Å². The van der Waals surface area contributed by atoms with E-state index in [0.717, 1.165) is 0 Å². The molecule has 4 rings (SSSR count). The third kappa shape index (κ3) is 22.4. The van der Waals surface area contributed by atoms with Crippen molar-refractivity contribution >= 4 is 70.6 Å². The van der Waals surface area contributed by atoms with Crippen molar-refractivity contribution in [2.24, 2.45) is 60.8 Å². The average molecular weight is 1210 g/mol. The number of carbonyl (C=O) groups is 9. The predicted octanol–water partition coefficient (Wildman–Crippen LogP) is 0.0150. The number of guanidine groups is 3. The van der Waals surface area contributed by atoms with Gasteiger partial charge < -0.3 is 85.9 Å². The number of benzene rings is 4. The summed E-state index contributed by atoms with van der Waals surface area (Å²) in [5, 5.41) is 17.7. The van der Waals surface area contributed by atoms with E-state index in [2.05, 4.69) is 30.9 Å². The van der Waals surface area contributed by atoms with Crippen LogP contribution < -0.4 is 80.8 Å². The molecule has 87 heavy (non-hydrogen) atoms. The maximum atomic E-state index is 14.4. The number of methoxy groups -OCH3 is 4. The summed E-state index contributed by atoms with van der Waals surface area (Å²) in [4.78, 5) is 134. The fraction of sp³-hybridized carbons (Fsp3) is 0.390. The second-order valence-corrected chi connectivity index (χ2v) is 20.0. The number of primary amides is 1. The summed E-state index contributed by atoms with van der Waals surface area (Å²) in [7, 11) is 5.32. The van der Waals surface area contributed by atoms with Crippen LogP contribution in [0.5, 0.6) is 23.0 Å². The van der Waals surface area contributed by atoms with E-state index in [1.54, 1.807) is 12.1 Å². The van der Waals surface area contributed by atoms with Crippen LogP contribution in [0.1, 0.15) is 115 Å². The van der Waals surface area contributed by atoms with Crippen LogP contribution in [-0.4, -0.2) is 148 Å². The van der Waals surface area contributed by atoms with Gasteiger partial charge in [-0.1, -0.05) is 24.3 Å². The Morgan fingerprint density at radius 2 is 0.713 bits per heavy atom. The molecule has 0 aliphatic rings. The molecule has 28 nitrogen and oxygen atoms in total. The van der Waals surface area contributed by atoms with Crippen molar-refractivity contribution in [3.05, 3.63) is 117 Å². The first kappa shape index (κ1) is 69.4. The monoisotopic (exact) mass is 1210 g/mol. The SMILES string of the molecule is COc1ccc(CC(=O)[C@H](CCC(=O)O)NC(=O)c2cc(CC(=O)[C@H](CCCN=C(N)N)NC(=O)c3cc(CC(=O)[C@H](CCCN=C(N)N)NC(=O)c4cc(CC(=O)[C@@H](N)CCCN=C(N)N)ccc4OC)ccc3OC)ccc2OC)cc1C(N)=O. The maximum absolute atomic E-state index is 14.4. The molecule has 0 aliphatic heterocycles. The zero-order chi connectivity index (χ0) is 64.3. The van der Waals surface area contributed by atoms with Gasteiger partial charge in [-0.2, -0.15) is 0 Å². The number of carbonyl (C=O) groups excluding carboxylic acids is 8. The highest BCUT2D eigenvalue weighted by atomic mass is 16.5. The number of hydrogen-bond acceptors (Lipinski definition) is 17. The molecule has 0 saturated carbocycles. The van der Waals surface area contributed by atoms with Gasteiger partial charge in [-0.05, 0) is 116 Å². The van der Waals surface area contributed by atoms with Gasteiger partial charge in [-0.3, -0.25) is 58.1 Å². The van der Waals surface area contributed by atoms with Crippen LogP contribution in [0.25, 0.3) is 0 Å². The summed E-state index contributed by atoms with van der Waals surface area (Å²) in [6, 6.07) is 13.2. The van der Waals surface area contributed by atoms with Crippen molar-refractivity contribution in [2.45, 2.75) is 101 Å². The number of carboxylic acid groups (broad SMARTS) is 1. The first-order chi connectivity index (χ1) is 41.4. The van der Waals surface area contributed by atoms with Crippen molar-refractivity contribution in [1.29, 1.82) is 0 Å². The molecule has 0 aromatic heterocycles. The fourth-order valence-electron chi connectivity index (χ4n) is 9.09. The molecule has 0 saturated heterocycles. The molecule has 4 aromatic carbocycles. The van der Waals surface area contributed by atoms with Crippen molar-refractivity contribution in [3.63, 3.8) is 0 Å². The lowest BCUT2D eigenvalue weighted by atomic mass is 9.96. The zero-order valence-electron chi connectivity index (χ0n) is 49.1. The number of aliphatic carboxylic acids is 1. The van der Waals surface area contributed by atoms with Gasteiger partial charge in [0.2, 0.25) is 0 Å². The van der Waals surface area contributed by atoms with E-state index in [0.29, 0.717) is 36.1 Å². The minimum Gasteiger partial charge on any atom is -0.496 e. The van der Waals surface area contributed by atoms with E-state index in [1.165, 1.54) is 89.1 Å². The Bertz CT molecular complexity index is 3230. The Morgan fingerprint density at radius 3 is 1.01 bits per heavy atom. The lowest BCUT2D eigenvalue weighted by molar-refractivity contribution is -0.137. The highest BCUT2D eigenvalue weighted by molar-refractivity contribution is 6.04. The number of ketones is 4. The zero-order valence-corrected chi connectivity index (χ0v) is 49.1. The molecule has 0 unspecified atom stereocenters. The number of nitrogens with one attached hydrogen (secondary N) is 3. The molecule has 0 fully saturated rings. The molecule has 468 valence electrons. The third-order valence-corrected chi connectivity index (χ3v) is 13.6. The van der Waals surface area contributed by atoms with Crippen molar-refractivity contribution in [3.8, 4) is 23.0 Å². The van der Waals surface area contributed by atoms with E-state index in [4.69, 9.17) is 64.8 Å². The Labute approximate surface area is 502 Å². The van der Waals surface area contributed by atoms with Crippen LogP contribution in [-0.2, 0) is 49.7 Å². The molecule has 28 heteroatoms. The smallest absolute Gasteiger partial charge is 0.303 e. The Balaban J connectivity index is 1.60. The van der Waals surface area contributed by atoms with Crippen LogP contribution >= 0.6 is 0 Å². The number of rotatable bonds is 38. The normalized spacial score (nSPS) is 12.1. The topological polar surface area (TPSA) is 492 Å².